The highest BCUT2D eigenvalue weighted by molar-refractivity contribution is 6.01. The Morgan fingerprint density at radius 1 is 1.00 bits per heavy atom. The van der Waals surface area contributed by atoms with Crippen LogP contribution in [-0.2, 0) is 16.9 Å². The van der Waals surface area contributed by atoms with Crippen molar-refractivity contribution in [2.24, 2.45) is 0 Å². The monoisotopic (exact) mass is 542 g/mol. The second-order valence-corrected chi connectivity index (χ2v) is 8.94. The molecule has 39 heavy (non-hydrogen) atoms. The van der Waals surface area contributed by atoms with Crippen LogP contribution in [0.25, 0.3) is 0 Å². The van der Waals surface area contributed by atoms with Crippen molar-refractivity contribution >= 4 is 29.2 Å². The van der Waals surface area contributed by atoms with Gasteiger partial charge < -0.3 is 25.5 Å². The zero-order valence-corrected chi connectivity index (χ0v) is 20.6. The van der Waals surface area contributed by atoms with Crippen LogP contribution < -0.4 is 10.6 Å². The van der Waals surface area contributed by atoms with Gasteiger partial charge in [0.05, 0.1) is 23.8 Å². The van der Waals surface area contributed by atoms with Crippen LogP contribution >= 0.6 is 0 Å². The molecule has 4 amide bonds. The summed E-state index contributed by atoms with van der Waals surface area (Å²) in [5.74, 6) is -1.70. The van der Waals surface area contributed by atoms with E-state index in [1.54, 1.807) is 12.1 Å². The third-order valence-electron chi connectivity index (χ3n) is 6.22. The number of nitrogens with zero attached hydrogens (tertiary/aromatic N) is 4. The van der Waals surface area contributed by atoms with Crippen molar-refractivity contribution in [1.29, 1.82) is 0 Å². The average Bonchev–Trinajstić information content (AvgIpc) is 2.95. The number of benzene rings is 2. The summed E-state index contributed by atoms with van der Waals surface area (Å²) in [6.07, 6.45) is 2.70. The van der Waals surface area contributed by atoms with Crippen LogP contribution in [0.15, 0.2) is 60.9 Å². The van der Waals surface area contributed by atoms with Gasteiger partial charge in [-0.05, 0) is 35.4 Å². The van der Waals surface area contributed by atoms with Gasteiger partial charge in [-0.15, -0.1) is 0 Å². The number of piperazine rings is 1. The molecule has 1 saturated heterocycles. The minimum Gasteiger partial charge on any atom is -0.380 e. The zero-order valence-electron chi connectivity index (χ0n) is 20.6. The quantitative estimate of drug-likeness (QED) is 0.402. The van der Waals surface area contributed by atoms with Crippen molar-refractivity contribution in [3.8, 4) is 0 Å². The van der Waals surface area contributed by atoms with E-state index in [0.29, 0.717) is 11.3 Å². The molecule has 3 aromatic rings. The number of carbonyl (C=O) groups is 3. The number of hydrogen-bond acceptors (Lipinski definition) is 6. The van der Waals surface area contributed by atoms with Crippen molar-refractivity contribution in [2.75, 3.05) is 43.6 Å². The standard InChI is InChI=1S/C26H25F3N6O4/c27-15-26(39,16-28)19-4-1-17(2-5-19)13-34-9-10-35(14-23(34)36)24(37)18-3-6-22(21(29)11-18)33-25(38)32-20-7-8-30-31-12-20/h1-8,11-12,39H,9-10,13-16H2,(H2,30,32,33,38). The van der Waals surface area contributed by atoms with E-state index in [1.165, 1.54) is 52.5 Å². The van der Waals surface area contributed by atoms with Crippen LogP contribution in [0, 0.1) is 5.82 Å². The maximum atomic E-state index is 14.6. The Morgan fingerprint density at radius 2 is 1.74 bits per heavy atom. The van der Waals surface area contributed by atoms with Crippen LogP contribution in [0.5, 0.6) is 0 Å². The Kier molecular flexibility index (Phi) is 8.39. The van der Waals surface area contributed by atoms with E-state index in [2.05, 4.69) is 20.8 Å². The summed E-state index contributed by atoms with van der Waals surface area (Å²) in [5, 5.41) is 22.0. The molecule has 0 atom stereocenters. The second kappa shape index (κ2) is 11.9. The van der Waals surface area contributed by atoms with Crippen molar-refractivity contribution in [2.45, 2.75) is 12.1 Å². The van der Waals surface area contributed by atoms with E-state index in [1.807, 2.05) is 0 Å². The molecule has 2 heterocycles. The SMILES string of the molecule is O=C(Nc1ccnnc1)Nc1ccc(C(=O)N2CCN(Cc3ccc(C(O)(CF)CF)cc3)C(=O)C2)cc1F. The molecule has 2 aromatic carbocycles. The lowest BCUT2D eigenvalue weighted by Crippen LogP contribution is -2.51. The molecule has 1 aliphatic heterocycles. The van der Waals surface area contributed by atoms with E-state index in [9.17, 15) is 32.7 Å². The Bertz CT molecular complexity index is 1340. The molecule has 13 heteroatoms. The summed E-state index contributed by atoms with van der Waals surface area (Å²) >= 11 is 0. The Hall–Kier alpha value is -4.52. The molecule has 1 aliphatic rings. The van der Waals surface area contributed by atoms with Gasteiger partial charge in [0, 0.05) is 25.2 Å². The lowest BCUT2D eigenvalue weighted by atomic mass is 9.95. The van der Waals surface area contributed by atoms with Crippen LogP contribution in [-0.4, -0.2) is 75.9 Å². The first-order valence-electron chi connectivity index (χ1n) is 11.9. The van der Waals surface area contributed by atoms with Crippen molar-refractivity contribution in [3.63, 3.8) is 0 Å². The van der Waals surface area contributed by atoms with Gasteiger partial charge in [0.25, 0.3) is 5.91 Å². The predicted molar refractivity (Wildman–Crippen MR) is 135 cm³/mol. The summed E-state index contributed by atoms with van der Waals surface area (Å²) < 4.78 is 40.7. The number of amides is 4. The van der Waals surface area contributed by atoms with Gasteiger partial charge in [0.2, 0.25) is 5.91 Å². The molecule has 0 saturated carbocycles. The van der Waals surface area contributed by atoms with Gasteiger partial charge >= 0.3 is 6.03 Å². The first-order chi connectivity index (χ1) is 18.7. The first-order valence-corrected chi connectivity index (χ1v) is 11.9. The van der Waals surface area contributed by atoms with Gasteiger partial charge in [-0.1, -0.05) is 24.3 Å². The minimum atomic E-state index is -2.20. The maximum absolute atomic E-state index is 14.6. The zero-order chi connectivity index (χ0) is 28.0. The largest absolute Gasteiger partial charge is 0.380 e. The summed E-state index contributed by atoms with van der Waals surface area (Å²) in [4.78, 5) is 40.5. The topological polar surface area (TPSA) is 128 Å². The second-order valence-electron chi connectivity index (χ2n) is 8.94. The fraction of sp³-hybridized carbons (Fsp3) is 0.269. The third-order valence-corrected chi connectivity index (χ3v) is 6.22. The first kappa shape index (κ1) is 27.5. The number of carbonyl (C=O) groups excluding carboxylic acids is 3. The highest BCUT2D eigenvalue weighted by Crippen LogP contribution is 2.24. The fourth-order valence-electron chi connectivity index (χ4n) is 3.96. The molecule has 204 valence electrons. The number of hydrogen-bond donors (Lipinski definition) is 3. The maximum Gasteiger partial charge on any atom is 0.323 e. The number of alkyl halides is 2. The number of anilines is 2. The van der Waals surface area contributed by atoms with Gasteiger partial charge in [-0.3, -0.25) is 9.59 Å². The number of nitrogens with one attached hydrogen (secondary N) is 2. The normalized spacial score (nSPS) is 13.8. The number of aliphatic hydroxyl groups is 1. The van der Waals surface area contributed by atoms with E-state index in [0.717, 1.165) is 6.07 Å². The molecule has 0 spiro atoms. The van der Waals surface area contributed by atoms with Gasteiger partial charge in [-0.25, -0.2) is 18.0 Å². The molecule has 3 N–H and O–H groups in total. The highest BCUT2D eigenvalue weighted by atomic mass is 19.1. The van der Waals surface area contributed by atoms with Crippen LogP contribution in [0.3, 0.4) is 0 Å². The van der Waals surface area contributed by atoms with Crippen LogP contribution in [0.2, 0.25) is 0 Å². The molecule has 1 aromatic heterocycles. The molecular formula is C26H25F3N6O4. The molecule has 1 fully saturated rings. The summed E-state index contributed by atoms with van der Waals surface area (Å²) in [7, 11) is 0. The molecule has 0 bridgehead atoms. The Balaban J connectivity index is 1.33. The van der Waals surface area contributed by atoms with E-state index >= 15 is 0 Å². The third kappa shape index (κ3) is 6.49. The minimum absolute atomic E-state index is 0.0156. The van der Waals surface area contributed by atoms with Crippen LogP contribution in [0.1, 0.15) is 21.5 Å². The lowest BCUT2D eigenvalue weighted by molar-refractivity contribution is -0.135. The fourth-order valence-corrected chi connectivity index (χ4v) is 3.96. The molecule has 0 unspecified atom stereocenters. The molecular weight excluding hydrogens is 517 g/mol. The van der Waals surface area contributed by atoms with E-state index < -0.39 is 36.7 Å². The van der Waals surface area contributed by atoms with Crippen LogP contribution in [0.4, 0.5) is 29.3 Å². The Morgan fingerprint density at radius 3 is 2.36 bits per heavy atom. The molecule has 10 nitrogen and oxygen atoms in total. The number of aromatic nitrogens is 2. The van der Waals surface area contributed by atoms with Crippen molar-refractivity contribution in [1.82, 2.24) is 20.0 Å². The number of rotatable bonds is 8. The Labute approximate surface area is 221 Å². The number of urea groups is 1. The van der Waals surface area contributed by atoms with Gasteiger partial charge in [-0.2, -0.15) is 10.2 Å². The van der Waals surface area contributed by atoms with E-state index in [-0.39, 0.29) is 48.9 Å². The van der Waals surface area contributed by atoms with Crippen molar-refractivity contribution in [3.05, 3.63) is 83.4 Å². The number of halogens is 3. The highest BCUT2D eigenvalue weighted by Gasteiger charge is 2.31. The summed E-state index contributed by atoms with van der Waals surface area (Å²) in [5.41, 5.74) is -1.19. The summed E-state index contributed by atoms with van der Waals surface area (Å²) in [6.45, 7) is -2.12. The van der Waals surface area contributed by atoms with Gasteiger partial charge in [0.1, 0.15) is 31.3 Å². The van der Waals surface area contributed by atoms with E-state index in [4.69, 9.17) is 0 Å². The predicted octanol–water partition coefficient (Wildman–Crippen LogP) is 2.87. The smallest absolute Gasteiger partial charge is 0.323 e. The lowest BCUT2D eigenvalue weighted by Gasteiger charge is -2.34. The molecule has 0 radical (unpaired) electrons. The molecule has 4 rings (SSSR count). The summed E-state index contributed by atoms with van der Waals surface area (Å²) in [6, 6.07) is 10.3. The van der Waals surface area contributed by atoms with Crippen molar-refractivity contribution < 1.29 is 32.7 Å². The average molecular weight is 543 g/mol. The molecule has 0 aliphatic carbocycles. The van der Waals surface area contributed by atoms with Gasteiger partial charge in [0.15, 0.2) is 0 Å².